The number of hydrogen-bond donors (Lipinski definition) is 2. The molecule has 2 N–H and O–H groups in total. The van der Waals surface area contributed by atoms with Crippen molar-refractivity contribution in [2.45, 2.75) is 38.6 Å². The van der Waals surface area contributed by atoms with E-state index >= 15 is 0 Å². The van der Waals surface area contributed by atoms with Crippen LogP contribution in [0, 0.1) is 0 Å². The van der Waals surface area contributed by atoms with Crippen LogP contribution in [0.5, 0.6) is 0 Å². The number of carbonyl (C=O) groups is 1. The molecule has 0 aliphatic carbocycles. The first-order chi connectivity index (χ1) is 12.7. The molecule has 1 aliphatic rings. The van der Waals surface area contributed by atoms with Crippen molar-refractivity contribution >= 4 is 22.8 Å². The second-order valence-corrected chi connectivity index (χ2v) is 6.61. The third-order valence-corrected chi connectivity index (χ3v) is 4.71. The monoisotopic (exact) mass is 358 g/mol. The van der Waals surface area contributed by atoms with Gasteiger partial charge in [0.1, 0.15) is 0 Å². The Balaban J connectivity index is 1.86. The van der Waals surface area contributed by atoms with Crippen molar-refractivity contribution in [1.29, 1.82) is 0 Å². The molecular weight excluding hydrogens is 332 g/mol. The number of aromatic nitrogens is 2. The standard InChI is InChI=1S/C19H26N4O3/c24-14-6-10-20-17(25)9-13-23-16-8-3-2-7-15(16)21-18(19(23)26)22-11-4-1-5-12-22/h2-3,7-8,24H,1,4-6,9-14H2,(H,20,25). The molecule has 1 aromatic heterocycles. The smallest absolute Gasteiger partial charge is 0.294 e. The first-order valence-corrected chi connectivity index (χ1v) is 9.33. The Morgan fingerprint density at radius 1 is 1.19 bits per heavy atom. The maximum Gasteiger partial charge on any atom is 0.294 e. The van der Waals surface area contributed by atoms with Crippen molar-refractivity contribution in [3.05, 3.63) is 34.6 Å². The maximum atomic E-state index is 13.0. The van der Waals surface area contributed by atoms with Crippen LogP contribution >= 0.6 is 0 Å². The minimum Gasteiger partial charge on any atom is -0.396 e. The molecule has 0 bridgehead atoms. The van der Waals surface area contributed by atoms with E-state index in [2.05, 4.69) is 15.2 Å². The molecule has 140 valence electrons. The molecule has 2 heterocycles. The minimum atomic E-state index is -0.131. The van der Waals surface area contributed by atoms with Gasteiger partial charge in [0.15, 0.2) is 5.82 Å². The summed E-state index contributed by atoms with van der Waals surface area (Å²) >= 11 is 0. The molecule has 0 spiro atoms. The molecule has 7 nitrogen and oxygen atoms in total. The number of carbonyl (C=O) groups excluding carboxylic acids is 1. The van der Waals surface area contributed by atoms with E-state index in [0.29, 0.717) is 25.3 Å². The molecule has 1 fully saturated rings. The zero-order valence-electron chi connectivity index (χ0n) is 15.0. The summed E-state index contributed by atoms with van der Waals surface area (Å²) in [7, 11) is 0. The number of amides is 1. The Kier molecular flexibility index (Phi) is 6.22. The van der Waals surface area contributed by atoms with E-state index in [1.807, 2.05) is 24.3 Å². The number of rotatable bonds is 7. The van der Waals surface area contributed by atoms with Crippen molar-refractivity contribution in [2.75, 3.05) is 31.1 Å². The van der Waals surface area contributed by atoms with Crippen LogP contribution in [0.3, 0.4) is 0 Å². The van der Waals surface area contributed by atoms with Gasteiger partial charge in [-0.25, -0.2) is 4.98 Å². The zero-order valence-corrected chi connectivity index (χ0v) is 15.0. The summed E-state index contributed by atoms with van der Waals surface area (Å²) < 4.78 is 1.66. The van der Waals surface area contributed by atoms with E-state index in [-0.39, 0.29) is 24.5 Å². The number of para-hydroxylation sites is 2. The van der Waals surface area contributed by atoms with Crippen molar-refractivity contribution in [3.63, 3.8) is 0 Å². The largest absolute Gasteiger partial charge is 0.396 e. The van der Waals surface area contributed by atoms with Gasteiger partial charge in [-0.15, -0.1) is 0 Å². The fourth-order valence-corrected chi connectivity index (χ4v) is 3.32. The molecule has 7 heteroatoms. The maximum absolute atomic E-state index is 13.0. The molecule has 0 radical (unpaired) electrons. The lowest BCUT2D eigenvalue weighted by atomic mass is 10.1. The molecule has 3 rings (SSSR count). The second-order valence-electron chi connectivity index (χ2n) is 6.61. The second kappa shape index (κ2) is 8.80. The third-order valence-electron chi connectivity index (χ3n) is 4.71. The van der Waals surface area contributed by atoms with Crippen LogP contribution < -0.4 is 15.8 Å². The van der Waals surface area contributed by atoms with E-state index in [0.717, 1.165) is 37.0 Å². The summed E-state index contributed by atoms with van der Waals surface area (Å²) in [5.74, 6) is 0.370. The number of benzene rings is 1. The molecule has 1 aliphatic heterocycles. The first kappa shape index (κ1) is 18.4. The molecule has 0 atom stereocenters. The van der Waals surface area contributed by atoms with Gasteiger partial charge >= 0.3 is 0 Å². The summed E-state index contributed by atoms with van der Waals surface area (Å²) in [6, 6.07) is 7.56. The number of nitrogens with zero attached hydrogens (tertiary/aromatic N) is 3. The summed E-state index contributed by atoms with van der Waals surface area (Å²) in [6.45, 7) is 2.51. The molecule has 1 saturated heterocycles. The summed E-state index contributed by atoms with van der Waals surface area (Å²) in [5.41, 5.74) is 1.39. The van der Waals surface area contributed by atoms with Crippen LogP contribution in [0.1, 0.15) is 32.1 Å². The zero-order chi connectivity index (χ0) is 18.4. The normalized spacial score (nSPS) is 14.6. The highest BCUT2D eigenvalue weighted by Crippen LogP contribution is 2.18. The topological polar surface area (TPSA) is 87.5 Å². The lowest BCUT2D eigenvalue weighted by Crippen LogP contribution is -2.37. The number of piperidine rings is 1. The lowest BCUT2D eigenvalue weighted by Gasteiger charge is -2.27. The quantitative estimate of drug-likeness (QED) is 0.728. The van der Waals surface area contributed by atoms with Crippen molar-refractivity contribution in [2.24, 2.45) is 0 Å². The molecule has 26 heavy (non-hydrogen) atoms. The van der Waals surface area contributed by atoms with Crippen molar-refractivity contribution in [3.8, 4) is 0 Å². The van der Waals surface area contributed by atoms with Gasteiger partial charge in [-0.3, -0.25) is 9.59 Å². The highest BCUT2D eigenvalue weighted by atomic mass is 16.3. The van der Waals surface area contributed by atoms with Crippen LogP contribution in [0.4, 0.5) is 5.82 Å². The van der Waals surface area contributed by atoms with Gasteiger partial charge in [0, 0.05) is 39.2 Å². The average molecular weight is 358 g/mol. The molecule has 2 aromatic rings. The Labute approximate surface area is 152 Å². The number of aryl methyl sites for hydroxylation is 1. The molecule has 0 unspecified atom stereocenters. The van der Waals surface area contributed by atoms with E-state index in [9.17, 15) is 9.59 Å². The third kappa shape index (κ3) is 4.22. The van der Waals surface area contributed by atoms with Crippen molar-refractivity contribution in [1.82, 2.24) is 14.9 Å². The fraction of sp³-hybridized carbons (Fsp3) is 0.526. The predicted octanol–water partition coefficient (Wildman–Crippen LogP) is 1.28. The van der Waals surface area contributed by atoms with E-state index < -0.39 is 0 Å². The van der Waals surface area contributed by atoms with Crippen LogP contribution in [-0.2, 0) is 11.3 Å². The number of aliphatic hydroxyl groups excluding tert-OH is 1. The van der Waals surface area contributed by atoms with Crippen LogP contribution in [0.2, 0.25) is 0 Å². The predicted molar refractivity (Wildman–Crippen MR) is 101 cm³/mol. The fourth-order valence-electron chi connectivity index (χ4n) is 3.32. The highest BCUT2D eigenvalue weighted by Gasteiger charge is 2.19. The number of aliphatic hydroxyl groups is 1. The summed E-state index contributed by atoms with van der Waals surface area (Å²) in [6.07, 6.45) is 4.08. The van der Waals surface area contributed by atoms with Crippen molar-refractivity contribution < 1.29 is 9.90 Å². The van der Waals surface area contributed by atoms with E-state index in [4.69, 9.17) is 5.11 Å². The van der Waals surface area contributed by atoms with Crippen LogP contribution in [-0.4, -0.2) is 46.8 Å². The molecule has 1 amide bonds. The van der Waals surface area contributed by atoms with Gasteiger partial charge in [-0.1, -0.05) is 12.1 Å². The summed E-state index contributed by atoms with van der Waals surface area (Å²) in [5, 5.41) is 11.5. The van der Waals surface area contributed by atoms with E-state index in [1.54, 1.807) is 4.57 Å². The van der Waals surface area contributed by atoms with Gasteiger partial charge in [-0.2, -0.15) is 0 Å². The Morgan fingerprint density at radius 3 is 2.73 bits per heavy atom. The molecule has 0 saturated carbocycles. The van der Waals surface area contributed by atoms with Gasteiger partial charge in [0.05, 0.1) is 11.0 Å². The average Bonchev–Trinajstić information content (AvgIpc) is 2.68. The Morgan fingerprint density at radius 2 is 1.96 bits per heavy atom. The van der Waals surface area contributed by atoms with Crippen LogP contribution in [0.25, 0.3) is 11.0 Å². The number of nitrogens with one attached hydrogen (secondary N) is 1. The van der Waals surface area contributed by atoms with E-state index in [1.165, 1.54) is 6.42 Å². The van der Waals surface area contributed by atoms with Gasteiger partial charge < -0.3 is 19.9 Å². The summed E-state index contributed by atoms with van der Waals surface area (Å²) in [4.78, 5) is 31.7. The number of hydrogen-bond acceptors (Lipinski definition) is 5. The van der Waals surface area contributed by atoms with Gasteiger partial charge in [0.2, 0.25) is 5.91 Å². The van der Waals surface area contributed by atoms with Gasteiger partial charge in [-0.05, 0) is 37.8 Å². The Hall–Kier alpha value is -2.41. The van der Waals surface area contributed by atoms with Gasteiger partial charge in [0.25, 0.3) is 5.56 Å². The SMILES string of the molecule is O=C(CCn1c(=O)c(N2CCCCC2)nc2ccccc21)NCCCO. The molecule has 1 aromatic carbocycles. The number of anilines is 1. The first-order valence-electron chi connectivity index (χ1n) is 9.33. The highest BCUT2D eigenvalue weighted by molar-refractivity contribution is 5.78. The number of fused-ring (bicyclic) bond motifs is 1. The lowest BCUT2D eigenvalue weighted by molar-refractivity contribution is -0.121. The Bertz CT molecular complexity index is 812. The minimum absolute atomic E-state index is 0.0495. The molecular formula is C19H26N4O3. The van der Waals surface area contributed by atoms with Crippen LogP contribution in [0.15, 0.2) is 29.1 Å².